The summed E-state index contributed by atoms with van der Waals surface area (Å²) in [4.78, 5) is 27.5. The minimum Gasteiger partial charge on any atom is -0.368 e. The van der Waals surface area contributed by atoms with Crippen LogP contribution in [0.3, 0.4) is 0 Å². The third-order valence-corrected chi connectivity index (χ3v) is 4.86. The van der Waals surface area contributed by atoms with Crippen LogP contribution in [-0.2, 0) is 0 Å². The highest BCUT2D eigenvalue weighted by Crippen LogP contribution is 2.33. The number of amides is 1. The summed E-state index contributed by atoms with van der Waals surface area (Å²) in [6.45, 7) is 3.59. The predicted molar refractivity (Wildman–Crippen MR) is 105 cm³/mol. The van der Waals surface area contributed by atoms with Gasteiger partial charge in [-0.1, -0.05) is 18.2 Å². The number of hydrogen-bond acceptors (Lipinski definition) is 5. The number of carbonyl (C=O) groups is 1. The molecule has 1 aliphatic rings. The Morgan fingerprint density at radius 2 is 1.78 bits per heavy atom. The summed E-state index contributed by atoms with van der Waals surface area (Å²) >= 11 is 0. The van der Waals surface area contributed by atoms with Gasteiger partial charge in [0.1, 0.15) is 0 Å². The Balaban J connectivity index is 1.74. The topological polar surface area (TPSA) is 85.0 Å². The third kappa shape index (κ3) is 3.38. The van der Waals surface area contributed by atoms with Gasteiger partial charge in [0.2, 0.25) is 5.95 Å². The number of aryl methyl sites for hydroxylation is 1. The molecule has 3 heterocycles. The van der Waals surface area contributed by atoms with Gasteiger partial charge in [-0.2, -0.15) is 0 Å². The fourth-order valence-corrected chi connectivity index (χ4v) is 3.53. The molecule has 0 atom stereocenters. The molecule has 1 saturated heterocycles. The van der Waals surface area contributed by atoms with Gasteiger partial charge in [-0.15, -0.1) is 0 Å². The lowest BCUT2D eigenvalue weighted by molar-refractivity contribution is 0.0793. The molecule has 1 aliphatic heterocycles. The van der Waals surface area contributed by atoms with Gasteiger partial charge in [0.25, 0.3) is 5.91 Å². The monoisotopic (exact) mass is 359 g/mol. The highest BCUT2D eigenvalue weighted by atomic mass is 16.2. The molecule has 1 aromatic carbocycles. The molecule has 1 fully saturated rings. The molecule has 27 heavy (non-hydrogen) atoms. The molecule has 0 saturated carbocycles. The molecular formula is C21H21N5O. The fourth-order valence-electron chi connectivity index (χ4n) is 3.53. The van der Waals surface area contributed by atoms with E-state index in [0.29, 0.717) is 5.56 Å². The molecule has 4 rings (SSSR count). The summed E-state index contributed by atoms with van der Waals surface area (Å²) in [6.07, 6.45) is 5.68. The van der Waals surface area contributed by atoms with Gasteiger partial charge in [-0.3, -0.25) is 9.78 Å². The van der Waals surface area contributed by atoms with Gasteiger partial charge < -0.3 is 10.6 Å². The van der Waals surface area contributed by atoms with E-state index in [9.17, 15) is 4.79 Å². The third-order valence-electron chi connectivity index (χ3n) is 4.86. The largest absolute Gasteiger partial charge is 0.368 e. The average Bonchev–Trinajstić information content (AvgIpc) is 3.22. The van der Waals surface area contributed by atoms with Crippen LogP contribution in [0.5, 0.6) is 0 Å². The number of hydrogen-bond donors (Lipinski definition) is 1. The number of anilines is 1. The molecule has 1 amide bonds. The maximum atomic E-state index is 12.6. The van der Waals surface area contributed by atoms with Gasteiger partial charge in [0.15, 0.2) is 0 Å². The number of pyridine rings is 1. The maximum Gasteiger partial charge on any atom is 0.253 e. The molecule has 0 bridgehead atoms. The smallest absolute Gasteiger partial charge is 0.253 e. The van der Waals surface area contributed by atoms with E-state index in [-0.39, 0.29) is 11.9 Å². The van der Waals surface area contributed by atoms with Crippen molar-refractivity contribution in [2.75, 3.05) is 18.8 Å². The second-order valence-electron chi connectivity index (χ2n) is 6.71. The van der Waals surface area contributed by atoms with Crippen LogP contribution in [0.1, 0.15) is 28.9 Å². The fraction of sp³-hybridized carbons (Fsp3) is 0.238. The highest BCUT2D eigenvalue weighted by molar-refractivity contribution is 5.95. The van der Waals surface area contributed by atoms with E-state index in [0.717, 1.165) is 54.0 Å². The molecule has 2 aromatic heterocycles. The number of nitrogens with two attached hydrogens (primary N) is 1. The molecule has 0 aliphatic carbocycles. The Morgan fingerprint density at radius 1 is 1.04 bits per heavy atom. The Hall–Kier alpha value is -3.28. The van der Waals surface area contributed by atoms with Crippen molar-refractivity contribution in [3.8, 4) is 22.4 Å². The van der Waals surface area contributed by atoms with E-state index in [1.807, 2.05) is 48.2 Å². The number of nitrogens with zero attached hydrogens (tertiary/aromatic N) is 4. The number of carbonyl (C=O) groups excluding carboxylic acids is 1. The van der Waals surface area contributed by atoms with Crippen molar-refractivity contribution in [1.29, 1.82) is 0 Å². The summed E-state index contributed by atoms with van der Waals surface area (Å²) in [6, 6.07) is 11.4. The van der Waals surface area contributed by atoms with E-state index in [2.05, 4.69) is 15.0 Å². The van der Waals surface area contributed by atoms with Crippen molar-refractivity contribution in [2.24, 2.45) is 0 Å². The van der Waals surface area contributed by atoms with Crippen LogP contribution in [0.25, 0.3) is 22.4 Å². The minimum atomic E-state index is 0.0879. The predicted octanol–water partition coefficient (Wildman–Crippen LogP) is 3.33. The number of nitrogen functional groups attached to an aromatic ring is 1. The normalized spacial score (nSPS) is 13.7. The number of benzene rings is 1. The van der Waals surface area contributed by atoms with Crippen LogP contribution < -0.4 is 5.73 Å². The summed E-state index contributed by atoms with van der Waals surface area (Å²) < 4.78 is 0. The summed E-state index contributed by atoms with van der Waals surface area (Å²) in [5, 5.41) is 0. The molecule has 2 N–H and O–H groups in total. The Labute approximate surface area is 158 Å². The zero-order valence-electron chi connectivity index (χ0n) is 15.2. The van der Waals surface area contributed by atoms with Gasteiger partial charge in [-0.25, -0.2) is 9.97 Å². The van der Waals surface area contributed by atoms with Gasteiger partial charge >= 0.3 is 0 Å². The van der Waals surface area contributed by atoms with E-state index < -0.39 is 0 Å². The van der Waals surface area contributed by atoms with Gasteiger partial charge in [0, 0.05) is 47.7 Å². The second kappa shape index (κ2) is 7.15. The molecule has 136 valence electrons. The van der Waals surface area contributed by atoms with E-state index in [1.165, 1.54) is 0 Å². The van der Waals surface area contributed by atoms with E-state index >= 15 is 0 Å². The van der Waals surface area contributed by atoms with Crippen LogP contribution in [0.2, 0.25) is 0 Å². The highest BCUT2D eigenvalue weighted by Gasteiger charge is 2.20. The quantitative estimate of drug-likeness (QED) is 0.775. The maximum absolute atomic E-state index is 12.6. The molecule has 6 nitrogen and oxygen atoms in total. The van der Waals surface area contributed by atoms with Gasteiger partial charge in [0.05, 0.1) is 11.4 Å². The first-order chi connectivity index (χ1) is 13.1. The van der Waals surface area contributed by atoms with Crippen molar-refractivity contribution in [1.82, 2.24) is 19.9 Å². The molecule has 3 aromatic rings. The van der Waals surface area contributed by atoms with Crippen molar-refractivity contribution in [3.05, 3.63) is 60.0 Å². The number of aromatic nitrogens is 3. The Morgan fingerprint density at radius 3 is 2.44 bits per heavy atom. The first kappa shape index (κ1) is 17.1. The lowest BCUT2D eigenvalue weighted by atomic mass is 9.98. The number of rotatable bonds is 3. The molecule has 0 radical (unpaired) electrons. The van der Waals surface area contributed by atoms with Crippen LogP contribution in [0, 0.1) is 6.92 Å². The summed E-state index contributed by atoms with van der Waals surface area (Å²) in [5.74, 6) is 0.317. The van der Waals surface area contributed by atoms with E-state index in [4.69, 9.17) is 5.73 Å². The van der Waals surface area contributed by atoms with Crippen LogP contribution in [0.15, 0.2) is 48.8 Å². The Bertz CT molecular complexity index is 964. The van der Waals surface area contributed by atoms with Crippen molar-refractivity contribution < 1.29 is 4.79 Å². The van der Waals surface area contributed by atoms with E-state index in [1.54, 1.807) is 12.4 Å². The molecular weight excluding hydrogens is 338 g/mol. The van der Waals surface area contributed by atoms with Crippen LogP contribution >= 0.6 is 0 Å². The molecule has 0 unspecified atom stereocenters. The standard InChI is InChI=1S/C21H21N5O/c1-14-18(17-5-4-10-23-13-17)19(25-21(22)24-14)15-6-8-16(9-7-15)20(27)26-11-2-3-12-26/h4-10,13H,2-3,11-12H2,1H3,(H2,22,24,25). The van der Waals surface area contributed by atoms with Crippen molar-refractivity contribution in [3.63, 3.8) is 0 Å². The SMILES string of the molecule is Cc1nc(N)nc(-c2ccc(C(=O)N3CCCC3)cc2)c1-c1cccnc1. The molecule has 0 spiro atoms. The molecule has 6 heteroatoms. The number of likely N-dealkylation sites (tertiary alicyclic amines) is 1. The van der Waals surface area contributed by atoms with Gasteiger partial charge in [-0.05, 0) is 38.0 Å². The van der Waals surface area contributed by atoms with Crippen LogP contribution in [0.4, 0.5) is 5.95 Å². The Kier molecular flexibility index (Phi) is 4.54. The summed E-state index contributed by atoms with van der Waals surface area (Å²) in [5.41, 5.74) is 10.9. The van der Waals surface area contributed by atoms with Crippen molar-refractivity contribution >= 4 is 11.9 Å². The van der Waals surface area contributed by atoms with Crippen molar-refractivity contribution in [2.45, 2.75) is 19.8 Å². The zero-order valence-corrected chi connectivity index (χ0v) is 15.2. The lowest BCUT2D eigenvalue weighted by Crippen LogP contribution is -2.27. The van der Waals surface area contributed by atoms with Crippen LogP contribution in [-0.4, -0.2) is 38.8 Å². The minimum absolute atomic E-state index is 0.0879. The second-order valence-corrected chi connectivity index (χ2v) is 6.71. The zero-order chi connectivity index (χ0) is 18.8. The first-order valence-electron chi connectivity index (χ1n) is 9.08. The average molecular weight is 359 g/mol. The summed E-state index contributed by atoms with van der Waals surface area (Å²) in [7, 11) is 0. The lowest BCUT2D eigenvalue weighted by Gasteiger charge is -2.16. The first-order valence-corrected chi connectivity index (χ1v) is 9.08.